The molecule has 0 bridgehead atoms. The van der Waals surface area contributed by atoms with Crippen molar-refractivity contribution in [1.29, 1.82) is 0 Å². The van der Waals surface area contributed by atoms with Crippen molar-refractivity contribution >= 4 is 16.9 Å². The van der Waals surface area contributed by atoms with Crippen LogP contribution < -0.4 is 5.32 Å². The van der Waals surface area contributed by atoms with Gasteiger partial charge in [0, 0.05) is 18.5 Å². The molecule has 0 spiro atoms. The number of benzene rings is 1. The van der Waals surface area contributed by atoms with E-state index in [1.54, 1.807) is 19.1 Å². The molecule has 1 aliphatic rings. The van der Waals surface area contributed by atoms with Gasteiger partial charge in [-0.05, 0) is 31.0 Å². The van der Waals surface area contributed by atoms with Crippen LogP contribution in [0.4, 0.5) is 0 Å². The minimum absolute atomic E-state index is 0.104. The van der Waals surface area contributed by atoms with Gasteiger partial charge in [0.1, 0.15) is 5.52 Å². The molecule has 1 heterocycles. The van der Waals surface area contributed by atoms with Crippen LogP contribution in [0.1, 0.15) is 29.1 Å². The number of Topliss-reactive ketones (excluding diaryl/α,β-unsaturated/α-hetero) is 1. The number of carbonyl (C=O) groups excluding carboxylic acids is 1. The van der Waals surface area contributed by atoms with E-state index in [0.29, 0.717) is 29.6 Å². The highest BCUT2D eigenvalue weighted by atomic mass is 16.3. The Balaban J connectivity index is 1.80. The molecule has 1 aromatic carbocycles. The molecule has 1 saturated carbocycles. The second kappa shape index (κ2) is 3.96. The summed E-state index contributed by atoms with van der Waals surface area (Å²) in [5.74, 6) is 0.730. The summed E-state index contributed by atoms with van der Waals surface area (Å²) in [7, 11) is 0. The molecule has 0 radical (unpaired) electrons. The molecule has 0 atom stereocenters. The molecule has 88 valence electrons. The van der Waals surface area contributed by atoms with Crippen molar-refractivity contribution in [3.63, 3.8) is 0 Å². The largest absolute Gasteiger partial charge is 0.441 e. The van der Waals surface area contributed by atoms with Crippen molar-refractivity contribution in [3.05, 3.63) is 29.7 Å². The fourth-order valence-electron chi connectivity index (χ4n) is 1.84. The molecule has 17 heavy (non-hydrogen) atoms. The van der Waals surface area contributed by atoms with E-state index < -0.39 is 0 Å². The number of aryl methyl sites for hydroxylation is 1. The normalized spacial score (nSPS) is 15.4. The third kappa shape index (κ3) is 2.22. The maximum atomic E-state index is 11.9. The van der Waals surface area contributed by atoms with Crippen LogP contribution in [0.25, 0.3) is 11.1 Å². The lowest BCUT2D eigenvalue weighted by molar-refractivity contribution is 0.0990. The van der Waals surface area contributed by atoms with Crippen molar-refractivity contribution in [2.45, 2.75) is 25.8 Å². The van der Waals surface area contributed by atoms with E-state index in [1.165, 1.54) is 12.8 Å². The van der Waals surface area contributed by atoms with Crippen LogP contribution in [0.2, 0.25) is 0 Å². The third-order valence-corrected chi connectivity index (χ3v) is 2.95. The van der Waals surface area contributed by atoms with Crippen LogP contribution >= 0.6 is 0 Å². The van der Waals surface area contributed by atoms with E-state index in [9.17, 15) is 4.79 Å². The van der Waals surface area contributed by atoms with E-state index in [1.807, 2.05) is 6.07 Å². The Morgan fingerprint density at radius 2 is 2.35 bits per heavy atom. The van der Waals surface area contributed by atoms with Gasteiger partial charge in [-0.2, -0.15) is 0 Å². The molecule has 0 unspecified atom stereocenters. The number of oxazole rings is 1. The zero-order valence-corrected chi connectivity index (χ0v) is 9.69. The van der Waals surface area contributed by atoms with Crippen molar-refractivity contribution in [3.8, 4) is 0 Å². The van der Waals surface area contributed by atoms with Gasteiger partial charge in [-0.1, -0.05) is 0 Å². The predicted octanol–water partition coefficient (Wildman–Crippen LogP) is 2.07. The molecule has 1 aliphatic carbocycles. The van der Waals surface area contributed by atoms with Gasteiger partial charge in [0.05, 0.1) is 6.54 Å². The second-order valence-corrected chi connectivity index (χ2v) is 4.49. The van der Waals surface area contributed by atoms with Crippen molar-refractivity contribution in [2.75, 3.05) is 6.54 Å². The van der Waals surface area contributed by atoms with Gasteiger partial charge in [0.25, 0.3) is 0 Å². The van der Waals surface area contributed by atoms with Crippen LogP contribution in [-0.4, -0.2) is 23.4 Å². The number of carbonyl (C=O) groups is 1. The van der Waals surface area contributed by atoms with Crippen molar-refractivity contribution in [2.24, 2.45) is 0 Å². The number of aromatic nitrogens is 1. The van der Waals surface area contributed by atoms with Gasteiger partial charge in [-0.25, -0.2) is 4.98 Å². The van der Waals surface area contributed by atoms with Gasteiger partial charge in [0.15, 0.2) is 17.3 Å². The Morgan fingerprint density at radius 1 is 1.53 bits per heavy atom. The molecule has 0 amide bonds. The molecule has 1 N–H and O–H groups in total. The van der Waals surface area contributed by atoms with Crippen molar-refractivity contribution < 1.29 is 9.21 Å². The number of nitrogens with zero attached hydrogens (tertiary/aromatic N) is 1. The lowest BCUT2D eigenvalue weighted by atomic mass is 10.1. The predicted molar refractivity (Wildman–Crippen MR) is 64.1 cm³/mol. The number of hydrogen-bond donors (Lipinski definition) is 1. The smallest absolute Gasteiger partial charge is 0.192 e. The quantitative estimate of drug-likeness (QED) is 0.817. The first-order valence-electron chi connectivity index (χ1n) is 5.86. The molecule has 1 fully saturated rings. The lowest BCUT2D eigenvalue weighted by Crippen LogP contribution is -2.24. The lowest BCUT2D eigenvalue weighted by Gasteiger charge is -2.01. The molecule has 1 aromatic heterocycles. The van der Waals surface area contributed by atoms with Crippen LogP contribution in [0, 0.1) is 6.92 Å². The molecule has 0 aliphatic heterocycles. The second-order valence-electron chi connectivity index (χ2n) is 4.49. The molecule has 4 heteroatoms. The van der Waals surface area contributed by atoms with Crippen LogP contribution in [0.5, 0.6) is 0 Å². The summed E-state index contributed by atoms with van der Waals surface area (Å²) in [4.78, 5) is 16.1. The maximum absolute atomic E-state index is 11.9. The van der Waals surface area contributed by atoms with E-state index in [-0.39, 0.29) is 5.78 Å². The highest BCUT2D eigenvalue weighted by Gasteiger charge is 2.21. The Hall–Kier alpha value is -1.68. The molecular formula is C13H14N2O2. The first-order chi connectivity index (χ1) is 8.22. The zero-order valence-electron chi connectivity index (χ0n) is 9.69. The van der Waals surface area contributed by atoms with Gasteiger partial charge >= 0.3 is 0 Å². The van der Waals surface area contributed by atoms with E-state index in [4.69, 9.17) is 4.42 Å². The maximum Gasteiger partial charge on any atom is 0.192 e. The van der Waals surface area contributed by atoms with Crippen LogP contribution in [0.15, 0.2) is 22.6 Å². The standard InChI is InChI=1S/C13H14N2O2/c1-8-15-11-5-2-9(6-13(11)17-8)12(16)7-14-10-3-4-10/h2,5-6,10,14H,3-4,7H2,1H3. The first-order valence-corrected chi connectivity index (χ1v) is 5.86. The first kappa shape index (κ1) is 10.5. The number of ketones is 1. The van der Waals surface area contributed by atoms with Gasteiger partial charge in [-0.15, -0.1) is 0 Å². The Labute approximate surface area is 99.0 Å². The number of nitrogens with one attached hydrogen (secondary N) is 1. The highest BCUT2D eigenvalue weighted by Crippen LogP contribution is 2.19. The summed E-state index contributed by atoms with van der Waals surface area (Å²) in [6.07, 6.45) is 2.38. The number of fused-ring (bicyclic) bond motifs is 1. The Kier molecular flexibility index (Phi) is 2.44. The fourth-order valence-corrected chi connectivity index (χ4v) is 1.84. The molecule has 0 saturated heterocycles. The van der Waals surface area contributed by atoms with E-state index in [0.717, 1.165) is 5.52 Å². The minimum atomic E-state index is 0.104. The summed E-state index contributed by atoms with van der Waals surface area (Å²) >= 11 is 0. The molecule has 2 aromatic rings. The number of hydrogen-bond acceptors (Lipinski definition) is 4. The van der Waals surface area contributed by atoms with E-state index in [2.05, 4.69) is 10.3 Å². The minimum Gasteiger partial charge on any atom is -0.441 e. The van der Waals surface area contributed by atoms with Gasteiger partial charge < -0.3 is 9.73 Å². The Morgan fingerprint density at radius 3 is 3.12 bits per heavy atom. The van der Waals surface area contributed by atoms with Crippen molar-refractivity contribution in [1.82, 2.24) is 10.3 Å². The topological polar surface area (TPSA) is 55.1 Å². The average molecular weight is 230 g/mol. The van der Waals surface area contributed by atoms with E-state index >= 15 is 0 Å². The monoisotopic (exact) mass is 230 g/mol. The summed E-state index contributed by atoms with van der Waals surface area (Å²) < 4.78 is 5.41. The van der Waals surface area contributed by atoms with Gasteiger partial charge in [0.2, 0.25) is 0 Å². The number of rotatable bonds is 4. The fraction of sp³-hybridized carbons (Fsp3) is 0.385. The summed E-state index contributed by atoms with van der Waals surface area (Å²) in [6.45, 7) is 2.21. The third-order valence-electron chi connectivity index (χ3n) is 2.95. The molecule has 3 rings (SSSR count). The van der Waals surface area contributed by atoms with Crippen LogP contribution in [-0.2, 0) is 0 Å². The summed E-state index contributed by atoms with van der Waals surface area (Å²) in [5.41, 5.74) is 2.16. The highest BCUT2D eigenvalue weighted by molar-refractivity contribution is 5.99. The molecule has 4 nitrogen and oxygen atoms in total. The van der Waals surface area contributed by atoms with Crippen LogP contribution in [0.3, 0.4) is 0 Å². The molecular weight excluding hydrogens is 216 g/mol. The SMILES string of the molecule is Cc1nc2ccc(C(=O)CNC3CC3)cc2o1. The average Bonchev–Trinajstić information content (AvgIpc) is 3.06. The zero-order chi connectivity index (χ0) is 11.8. The van der Waals surface area contributed by atoms with Gasteiger partial charge in [-0.3, -0.25) is 4.79 Å². The summed E-state index contributed by atoms with van der Waals surface area (Å²) in [5, 5.41) is 3.21. The Bertz CT molecular complexity index is 570. The summed E-state index contributed by atoms with van der Waals surface area (Å²) in [6, 6.07) is 5.96.